The Balaban J connectivity index is 2.40. The minimum absolute atomic E-state index is 0.124. The van der Waals surface area contributed by atoms with E-state index >= 15 is 0 Å². The second-order valence-corrected chi connectivity index (χ2v) is 5.65. The van der Waals surface area contributed by atoms with E-state index in [0.29, 0.717) is 13.2 Å². The van der Waals surface area contributed by atoms with Crippen LogP contribution >= 0.6 is 0 Å². The van der Waals surface area contributed by atoms with E-state index < -0.39 is 5.41 Å². The highest BCUT2D eigenvalue weighted by atomic mass is 16.5. The van der Waals surface area contributed by atoms with Crippen LogP contribution in [0, 0.1) is 11.3 Å². The van der Waals surface area contributed by atoms with Crippen LogP contribution in [0.25, 0.3) is 0 Å². The molecule has 0 heterocycles. The molecule has 3 atom stereocenters. The summed E-state index contributed by atoms with van der Waals surface area (Å²) in [7, 11) is 0. The molecule has 0 bridgehead atoms. The van der Waals surface area contributed by atoms with Crippen LogP contribution in [0.15, 0.2) is 30.3 Å². The summed E-state index contributed by atoms with van der Waals surface area (Å²) in [4.78, 5) is 12.6. The summed E-state index contributed by atoms with van der Waals surface area (Å²) in [6, 6.07) is 9.90. The summed E-state index contributed by atoms with van der Waals surface area (Å²) in [5.41, 5.74) is 6.17. The molecule has 1 saturated carbocycles. The SMILES string of the molecule is CCCOC(=O)C1(c2ccccc2)C(C)C1(C)CN. The molecule has 2 N–H and O–H groups in total. The van der Waals surface area contributed by atoms with Crippen molar-refractivity contribution in [2.24, 2.45) is 17.1 Å². The van der Waals surface area contributed by atoms with Gasteiger partial charge in [-0.25, -0.2) is 0 Å². The van der Waals surface area contributed by atoms with Crippen molar-refractivity contribution in [3.05, 3.63) is 35.9 Å². The van der Waals surface area contributed by atoms with Crippen molar-refractivity contribution in [1.82, 2.24) is 0 Å². The first-order chi connectivity index (χ1) is 9.05. The van der Waals surface area contributed by atoms with Gasteiger partial charge in [0.1, 0.15) is 5.41 Å². The monoisotopic (exact) mass is 261 g/mol. The Morgan fingerprint density at radius 2 is 2.00 bits per heavy atom. The molecule has 1 fully saturated rings. The molecule has 1 aliphatic rings. The van der Waals surface area contributed by atoms with E-state index in [1.165, 1.54) is 0 Å². The molecule has 1 aromatic carbocycles. The van der Waals surface area contributed by atoms with Crippen LogP contribution in [0.2, 0.25) is 0 Å². The average molecular weight is 261 g/mol. The summed E-state index contributed by atoms with van der Waals surface area (Å²) < 4.78 is 5.45. The average Bonchev–Trinajstić information content (AvgIpc) is 2.95. The lowest BCUT2D eigenvalue weighted by molar-refractivity contribution is -0.148. The summed E-state index contributed by atoms with van der Waals surface area (Å²) in [6.07, 6.45) is 0.838. The maximum absolute atomic E-state index is 12.6. The van der Waals surface area contributed by atoms with Gasteiger partial charge in [0.05, 0.1) is 6.61 Å². The topological polar surface area (TPSA) is 52.3 Å². The highest BCUT2D eigenvalue weighted by Crippen LogP contribution is 2.69. The van der Waals surface area contributed by atoms with Gasteiger partial charge in [-0.15, -0.1) is 0 Å². The molecule has 3 heteroatoms. The van der Waals surface area contributed by atoms with Gasteiger partial charge < -0.3 is 10.5 Å². The number of carbonyl (C=O) groups excluding carboxylic acids is 1. The molecule has 3 nitrogen and oxygen atoms in total. The molecule has 1 aliphatic carbocycles. The Bertz CT molecular complexity index is 459. The third-order valence-electron chi connectivity index (χ3n) is 4.84. The first-order valence-electron chi connectivity index (χ1n) is 6.98. The number of ether oxygens (including phenoxy) is 1. The van der Waals surface area contributed by atoms with Crippen molar-refractivity contribution in [3.8, 4) is 0 Å². The van der Waals surface area contributed by atoms with Crippen LogP contribution in [-0.2, 0) is 14.9 Å². The van der Waals surface area contributed by atoms with Crippen molar-refractivity contribution in [3.63, 3.8) is 0 Å². The van der Waals surface area contributed by atoms with E-state index in [9.17, 15) is 4.79 Å². The largest absolute Gasteiger partial charge is 0.465 e. The van der Waals surface area contributed by atoms with Gasteiger partial charge >= 0.3 is 5.97 Å². The Kier molecular flexibility index (Phi) is 3.68. The Morgan fingerprint density at radius 1 is 1.37 bits per heavy atom. The first kappa shape index (κ1) is 14.1. The van der Waals surface area contributed by atoms with E-state index in [4.69, 9.17) is 10.5 Å². The van der Waals surface area contributed by atoms with Gasteiger partial charge in [0.15, 0.2) is 0 Å². The lowest BCUT2D eigenvalue weighted by Crippen LogP contribution is -2.33. The van der Waals surface area contributed by atoms with E-state index in [1.807, 2.05) is 37.3 Å². The van der Waals surface area contributed by atoms with Gasteiger partial charge in [-0.2, -0.15) is 0 Å². The normalized spacial score (nSPS) is 32.9. The molecule has 0 aliphatic heterocycles. The maximum Gasteiger partial charge on any atom is 0.317 e. The van der Waals surface area contributed by atoms with E-state index in [-0.39, 0.29) is 17.3 Å². The predicted molar refractivity (Wildman–Crippen MR) is 75.7 cm³/mol. The molecule has 19 heavy (non-hydrogen) atoms. The summed E-state index contributed by atoms with van der Waals surface area (Å²) >= 11 is 0. The molecule has 3 unspecified atom stereocenters. The first-order valence-corrected chi connectivity index (χ1v) is 6.98. The molecule has 2 rings (SSSR count). The Hall–Kier alpha value is -1.35. The van der Waals surface area contributed by atoms with E-state index in [0.717, 1.165) is 12.0 Å². The zero-order valence-electron chi connectivity index (χ0n) is 12.0. The van der Waals surface area contributed by atoms with Gasteiger partial charge in [0.25, 0.3) is 0 Å². The smallest absolute Gasteiger partial charge is 0.317 e. The standard InChI is InChI=1S/C16H23NO2/c1-4-10-19-14(18)16(12(2)15(16,3)11-17)13-8-6-5-7-9-13/h5-9,12H,4,10-11,17H2,1-3H3. The molecule has 104 valence electrons. The van der Waals surface area contributed by atoms with E-state index in [1.54, 1.807) is 0 Å². The van der Waals surface area contributed by atoms with E-state index in [2.05, 4.69) is 13.8 Å². The number of nitrogens with two attached hydrogens (primary N) is 1. The maximum atomic E-state index is 12.6. The fraction of sp³-hybridized carbons (Fsp3) is 0.562. The van der Waals surface area contributed by atoms with Crippen LogP contribution < -0.4 is 5.73 Å². The van der Waals surface area contributed by atoms with Crippen LogP contribution in [0.3, 0.4) is 0 Å². The zero-order valence-corrected chi connectivity index (χ0v) is 12.0. The quantitative estimate of drug-likeness (QED) is 0.828. The fourth-order valence-corrected chi connectivity index (χ4v) is 3.37. The number of hydrogen-bond donors (Lipinski definition) is 1. The molecule has 0 amide bonds. The fourth-order valence-electron chi connectivity index (χ4n) is 3.37. The predicted octanol–water partition coefficient (Wildman–Crippen LogP) is 2.49. The lowest BCUT2D eigenvalue weighted by Gasteiger charge is -2.21. The molecular formula is C16H23NO2. The van der Waals surface area contributed by atoms with Crippen molar-refractivity contribution >= 4 is 5.97 Å². The van der Waals surface area contributed by atoms with Gasteiger partial charge in [-0.05, 0) is 24.4 Å². The van der Waals surface area contributed by atoms with Crippen LogP contribution in [0.1, 0.15) is 32.8 Å². The zero-order chi connectivity index (χ0) is 14.1. The van der Waals surface area contributed by atoms with Gasteiger partial charge in [0.2, 0.25) is 0 Å². The van der Waals surface area contributed by atoms with Crippen molar-refractivity contribution in [2.45, 2.75) is 32.6 Å². The molecule has 0 saturated heterocycles. The molecule has 1 aromatic rings. The third-order valence-corrected chi connectivity index (χ3v) is 4.84. The second kappa shape index (κ2) is 4.97. The Labute approximate surface area is 115 Å². The summed E-state index contributed by atoms with van der Waals surface area (Å²) in [6.45, 7) is 7.14. The molecule has 0 spiro atoms. The number of benzene rings is 1. The summed E-state index contributed by atoms with van der Waals surface area (Å²) in [5.74, 6) is 0.0813. The van der Waals surface area contributed by atoms with Gasteiger partial charge in [-0.3, -0.25) is 4.79 Å². The molecular weight excluding hydrogens is 238 g/mol. The molecule has 0 radical (unpaired) electrons. The minimum Gasteiger partial charge on any atom is -0.465 e. The van der Waals surface area contributed by atoms with Crippen molar-refractivity contribution < 1.29 is 9.53 Å². The summed E-state index contributed by atoms with van der Waals surface area (Å²) in [5, 5.41) is 0. The van der Waals surface area contributed by atoms with Crippen molar-refractivity contribution in [2.75, 3.05) is 13.2 Å². The Morgan fingerprint density at radius 3 is 2.47 bits per heavy atom. The third kappa shape index (κ3) is 1.79. The second-order valence-electron chi connectivity index (χ2n) is 5.65. The number of hydrogen-bond acceptors (Lipinski definition) is 3. The van der Waals surface area contributed by atoms with Crippen LogP contribution in [-0.4, -0.2) is 19.1 Å². The highest BCUT2D eigenvalue weighted by molar-refractivity contribution is 5.90. The lowest BCUT2D eigenvalue weighted by atomic mass is 9.86. The molecule has 0 aromatic heterocycles. The van der Waals surface area contributed by atoms with Gasteiger partial charge in [-0.1, -0.05) is 51.1 Å². The number of carbonyl (C=O) groups is 1. The minimum atomic E-state index is -0.571. The van der Waals surface area contributed by atoms with Crippen LogP contribution in [0.4, 0.5) is 0 Å². The van der Waals surface area contributed by atoms with Crippen molar-refractivity contribution in [1.29, 1.82) is 0 Å². The highest BCUT2D eigenvalue weighted by Gasteiger charge is 2.76. The number of rotatable bonds is 5. The van der Waals surface area contributed by atoms with Crippen LogP contribution in [0.5, 0.6) is 0 Å². The number of esters is 1. The van der Waals surface area contributed by atoms with Gasteiger partial charge in [0, 0.05) is 5.41 Å².